The van der Waals surface area contributed by atoms with Gasteiger partial charge in [-0.25, -0.2) is 4.98 Å². The van der Waals surface area contributed by atoms with E-state index in [0.29, 0.717) is 5.92 Å². The first-order chi connectivity index (χ1) is 12.2. The third kappa shape index (κ3) is 4.83. The average molecular weight is 416 g/mol. The molecule has 0 unspecified atom stereocenters. The molecule has 7 nitrogen and oxygen atoms in total. The monoisotopic (exact) mass is 415 g/mol. The lowest BCUT2D eigenvalue weighted by molar-refractivity contribution is 0.125. The third-order valence-electron chi connectivity index (χ3n) is 5.95. The smallest absolute Gasteiger partial charge is 0.152 e. The van der Waals surface area contributed by atoms with Crippen molar-refractivity contribution in [3.63, 3.8) is 0 Å². The zero-order valence-electron chi connectivity index (χ0n) is 16.2. The van der Waals surface area contributed by atoms with Crippen LogP contribution >= 0.6 is 24.8 Å². The lowest BCUT2D eigenvalue weighted by Gasteiger charge is -2.39. The summed E-state index contributed by atoms with van der Waals surface area (Å²) < 4.78 is 4.32. The van der Waals surface area contributed by atoms with Gasteiger partial charge in [0.15, 0.2) is 5.82 Å². The van der Waals surface area contributed by atoms with E-state index in [-0.39, 0.29) is 24.8 Å². The summed E-state index contributed by atoms with van der Waals surface area (Å²) in [5.41, 5.74) is 0. The van der Waals surface area contributed by atoms with Gasteiger partial charge in [-0.2, -0.15) is 0 Å². The molecule has 9 heteroatoms. The van der Waals surface area contributed by atoms with Crippen molar-refractivity contribution in [2.24, 2.45) is 7.05 Å². The van der Waals surface area contributed by atoms with E-state index in [1.807, 2.05) is 19.3 Å². The molecule has 2 aliphatic heterocycles. The maximum absolute atomic E-state index is 4.54. The molecule has 0 bridgehead atoms. The molecule has 0 spiro atoms. The second kappa shape index (κ2) is 9.87. The summed E-state index contributed by atoms with van der Waals surface area (Å²) in [5, 5.41) is 12.5. The average Bonchev–Trinajstić information content (AvgIpc) is 3.23. The number of aryl methyl sites for hydroxylation is 1. The lowest BCUT2D eigenvalue weighted by atomic mass is 9.93. The van der Waals surface area contributed by atoms with Crippen LogP contribution in [0.4, 0.5) is 0 Å². The molecule has 2 aliphatic rings. The number of aromatic nitrogens is 5. The lowest BCUT2D eigenvalue weighted by Crippen LogP contribution is -2.46. The first-order valence-electron chi connectivity index (χ1n) is 9.53. The van der Waals surface area contributed by atoms with Crippen LogP contribution in [0.1, 0.15) is 49.1 Å². The van der Waals surface area contributed by atoms with Crippen LogP contribution in [-0.4, -0.2) is 61.4 Å². The Morgan fingerprint density at radius 1 is 1.07 bits per heavy atom. The van der Waals surface area contributed by atoms with Gasteiger partial charge in [-0.05, 0) is 58.8 Å². The number of hydrogen-bond acceptors (Lipinski definition) is 5. The predicted molar refractivity (Wildman–Crippen MR) is 111 cm³/mol. The van der Waals surface area contributed by atoms with Crippen LogP contribution in [0.25, 0.3) is 0 Å². The maximum atomic E-state index is 4.54. The van der Waals surface area contributed by atoms with Gasteiger partial charge >= 0.3 is 0 Å². The van der Waals surface area contributed by atoms with Crippen molar-refractivity contribution < 1.29 is 0 Å². The van der Waals surface area contributed by atoms with Crippen LogP contribution in [-0.2, 0) is 13.6 Å². The number of halogens is 2. The summed E-state index contributed by atoms with van der Waals surface area (Å²) in [6, 6.07) is 0.779. The Morgan fingerprint density at radius 2 is 1.78 bits per heavy atom. The first kappa shape index (κ1) is 22.1. The highest BCUT2D eigenvalue weighted by Crippen LogP contribution is 2.29. The van der Waals surface area contributed by atoms with Crippen molar-refractivity contribution >= 4 is 24.8 Å². The summed E-state index contributed by atoms with van der Waals surface area (Å²) in [5.74, 6) is 3.71. The Morgan fingerprint density at radius 3 is 2.41 bits per heavy atom. The van der Waals surface area contributed by atoms with Crippen molar-refractivity contribution in [1.82, 2.24) is 34.5 Å². The summed E-state index contributed by atoms with van der Waals surface area (Å²) in [4.78, 5) is 6.99. The quantitative estimate of drug-likeness (QED) is 0.828. The van der Waals surface area contributed by atoms with E-state index in [4.69, 9.17) is 0 Å². The van der Waals surface area contributed by atoms with Crippen LogP contribution < -0.4 is 5.32 Å². The van der Waals surface area contributed by atoms with Gasteiger partial charge < -0.3 is 19.4 Å². The third-order valence-corrected chi connectivity index (χ3v) is 5.95. The molecule has 0 aromatic carbocycles. The minimum absolute atomic E-state index is 0. The minimum atomic E-state index is 0. The predicted octanol–water partition coefficient (Wildman–Crippen LogP) is 2.14. The largest absolute Gasteiger partial charge is 0.328 e. The number of hydrogen-bond donors (Lipinski definition) is 1. The normalized spacial score (nSPS) is 19.5. The van der Waals surface area contributed by atoms with E-state index in [1.165, 1.54) is 51.9 Å². The number of likely N-dealkylation sites (tertiary alicyclic amines) is 1. The van der Waals surface area contributed by atoms with Gasteiger partial charge in [0.05, 0.1) is 6.54 Å². The van der Waals surface area contributed by atoms with Gasteiger partial charge in [-0.15, -0.1) is 35.0 Å². The molecule has 4 heterocycles. The van der Waals surface area contributed by atoms with Gasteiger partial charge in [0.1, 0.15) is 11.6 Å². The second-order valence-electron chi connectivity index (χ2n) is 7.43. The van der Waals surface area contributed by atoms with Gasteiger partial charge in [0.25, 0.3) is 0 Å². The standard InChI is InChI=1S/C18H29N7.2ClH/c1-14-20-9-12-25(14)13-17-21-22-18(23(17)2)15-5-10-24(11-6-15)16-3-7-19-8-4-16;;/h9,12,15-16,19H,3-8,10-11,13H2,1-2H3;2*1H. The van der Waals surface area contributed by atoms with E-state index in [9.17, 15) is 0 Å². The summed E-state index contributed by atoms with van der Waals surface area (Å²) in [6.45, 7) is 7.49. The highest BCUT2D eigenvalue weighted by molar-refractivity contribution is 5.85. The fourth-order valence-electron chi connectivity index (χ4n) is 4.29. The Kier molecular flexibility index (Phi) is 8.09. The molecule has 1 N–H and O–H groups in total. The van der Waals surface area contributed by atoms with Crippen LogP contribution in [0.2, 0.25) is 0 Å². The Balaban J connectivity index is 0.00000131. The number of imidazole rings is 1. The first-order valence-corrected chi connectivity index (χ1v) is 9.53. The van der Waals surface area contributed by atoms with Crippen LogP contribution in [0, 0.1) is 6.92 Å². The van der Waals surface area contributed by atoms with Gasteiger partial charge in [0.2, 0.25) is 0 Å². The molecule has 2 aromatic rings. The van der Waals surface area contributed by atoms with E-state index >= 15 is 0 Å². The second-order valence-corrected chi connectivity index (χ2v) is 7.43. The van der Waals surface area contributed by atoms with Crippen LogP contribution in [0.5, 0.6) is 0 Å². The topological polar surface area (TPSA) is 63.8 Å². The molecule has 0 aliphatic carbocycles. The van der Waals surface area contributed by atoms with Crippen molar-refractivity contribution in [1.29, 1.82) is 0 Å². The fourth-order valence-corrected chi connectivity index (χ4v) is 4.29. The summed E-state index contributed by atoms with van der Waals surface area (Å²) in [6.07, 6.45) is 8.82. The van der Waals surface area contributed by atoms with Gasteiger partial charge in [-0.1, -0.05) is 0 Å². The summed E-state index contributed by atoms with van der Waals surface area (Å²) in [7, 11) is 2.11. The minimum Gasteiger partial charge on any atom is -0.328 e. The Bertz CT molecular complexity index is 700. The van der Waals surface area contributed by atoms with Crippen molar-refractivity contribution in [3.8, 4) is 0 Å². The van der Waals surface area contributed by atoms with Crippen molar-refractivity contribution in [2.45, 2.75) is 51.1 Å². The van der Waals surface area contributed by atoms with Crippen molar-refractivity contribution in [2.75, 3.05) is 26.2 Å². The summed E-state index contributed by atoms with van der Waals surface area (Å²) >= 11 is 0. The molecule has 4 rings (SSSR count). The molecule has 27 heavy (non-hydrogen) atoms. The Labute approximate surface area is 173 Å². The number of nitrogens with one attached hydrogen (secondary N) is 1. The van der Waals surface area contributed by atoms with E-state index in [1.54, 1.807) is 0 Å². The molecule has 152 valence electrons. The van der Waals surface area contributed by atoms with Crippen LogP contribution in [0.15, 0.2) is 12.4 Å². The molecule has 0 atom stereocenters. The van der Waals surface area contributed by atoms with E-state index < -0.39 is 0 Å². The van der Waals surface area contributed by atoms with E-state index in [0.717, 1.165) is 30.1 Å². The zero-order valence-corrected chi connectivity index (χ0v) is 17.8. The Hall–Kier alpha value is -1.15. The molecule has 0 saturated carbocycles. The molecule has 2 saturated heterocycles. The molecule has 2 aromatic heterocycles. The maximum Gasteiger partial charge on any atom is 0.152 e. The SMILES string of the molecule is Cc1nccn1Cc1nnc(C2CCN(C3CCNCC3)CC2)n1C.Cl.Cl. The molecular formula is C18H31Cl2N7. The molecule has 2 fully saturated rings. The van der Waals surface area contributed by atoms with Crippen molar-refractivity contribution in [3.05, 3.63) is 29.9 Å². The molecular weight excluding hydrogens is 385 g/mol. The highest BCUT2D eigenvalue weighted by atomic mass is 35.5. The molecule has 0 radical (unpaired) electrons. The van der Waals surface area contributed by atoms with Crippen LogP contribution in [0.3, 0.4) is 0 Å². The van der Waals surface area contributed by atoms with Gasteiger partial charge in [-0.3, -0.25) is 0 Å². The molecule has 0 amide bonds. The van der Waals surface area contributed by atoms with E-state index in [2.05, 4.69) is 41.6 Å². The van der Waals surface area contributed by atoms with Gasteiger partial charge in [0, 0.05) is 31.4 Å². The number of rotatable bonds is 4. The zero-order chi connectivity index (χ0) is 17.2. The number of piperidine rings is 2. The fraction of sp³-hybridized carbons (Fsp3) is 0.722. The highest BCUT2D eigenvalue weighted by Gasteiger charge is 2.29. The number of nitrogens with zero attached hydrogens (tertiary/aromatic N) is 6.